The van der Waals surface area contributed by atoms with Gasteiger partial charge in [0.25, 0.3) is 0 Å². The monoisotopic (exact) mass is 394 g/mol. The Balaban J connectivity index is 1.58. The second-order valence-corrected chi connectivity index (χ2v) is 11.7. The Morgan fingerprint density at radius 1 is 1.19 bits per heavy atom. The van der Waals surface area contributed by atoms with Crippen LogP contribution in [0.3, 0.4) is 0 Å². The molecule has 0 bridgehead atoms. The molecule has 3 aliphatic rings. The normalized spacial score (nSPS) is 31.7. The predicted octanol–water partition coefficient (Wildman–Crippen LogP) is 1.21. The smallest absolute Gasteiger partial charge is 0.227 e. The van der Waals surface area contributed by atoms with E-state index in [4.69, 9.17) is 0 Å². The van der Waals surface area contributed by atoms with E-state index in [1.807, 2.05) is 11.8 Å². The molecule has 27 heavy (non-hydrogen) atoms. The van der Waals surface area contributed by atoms with Crippen LogP contribution in [0.5, 0.6) is 0 Å². The number of imidazole rings is 1. The molecule has 1 N–H and O–H groups in total. The van der Waals surface area contributed by atoms with Crippen molar-refractivity contribution in [3.63, 3.8) is 0 Å². The largest absolute Gasteiger partial charge is 0.348 e. The van der Waals surface area contributed by atoms with E-state index in [-0.39, 0.29) is 46.2 Å². The molecule has 1 amide bonds. The molecule has 7 nitrogen and oxygen atoms in total. The third kappa shape index (κ3) is 2.83. The fraction of sp³-hybridized carbons (Fsp3) is 0.789. The lowest BCUT2D eigenvalue weighted by atomic mass is 10.0. The van der Waals surface area contributed by atoms with Gasteiger partial charge >= 0.3 is 0 Å². The standard InChI is InChI=1S/C19H30N4O3S/c1-12-13(21-11-20-12)8-22-6-7-23(15-10-27(25,26)9-14(15)22)17(24)16-18(2,3)19(16,4)5/h11,14-16H,6-10H2,1-5H3,(H,20,21)/t14-,15+/m1/s1. The van der Waals surface area contributed by atoms with Gasteiger partial charge in [-0.2, -0.15) is 0 Å². The summed E-state index contributed by atoms with van der Waals surface area (Å²) in [6.07, 6.45) is 1.67. The Morgan fingerprint density at radius 2 is 1.81 bits per heavy atom. The van der Waals surface area contributed by atoms with Gasteiger partial charge in [-0.3, -0.25) is 9.69 Å². The number of H-pyrrole nitrogens is 1. The summed E-state index contributed by atoms with van der Waals surface area (Å²) in [4.78, 5) is 24.8. The van der Waals surface area contributed by atoms with E-state index in [2.05, 4.69) is 42.6 Å². The van der Waals surface area contributed by atoms with Crippen LogP contribution < -0.4 is 0 Å². The lowest BCUT2D eigenvalue weighted by molar-refractivity contribution is -0.139. The minimum atomic E-state index is -3.14. The summed E-state index contributed by atoms with van der Waals surface area (Å²) in [5.74, 6) is 0.303. The van der Waals surface area contributed by atoms with Gasteiger partial charge in [0.05, 0.1) is 29.6 Å². The summed E-state index contributed by atoms with van der Waals surface area (Å²) in [6.45, 7) is 12.4. The van der Waals surface area contributed by atoms with Crippen molar-refractivity contribution in [3.8, 4) is 0 Å². The van der Waals surface area contributed by atoms with Crippen LogP contribution >= 0.6 is 0 Å². The van der Waals surface area contributed by atoms with Crippen molar-refractivity contribution in [2.75, 3.05) is 24.6 Å². The lowest BCUT2D eigenvalue weighted by Crippen LogP contribution is -2.60. The molecule has 8 heteroatoms. The molecule has 2 aliphatic heterocycles. The predicted molar refractivity (Wildman–Crippen MR) is 103 cm³/mol. The number of piperazine rings is 1. The summed E-state index contributed by atoms with van der Waals surface area (Å²) in [6, 6.07) is -0.392. The van der Waals surface area contributed by atoms with Crippen LogP contribution in [-0.2, 0) is 21.2 Å². The number of carbonyl (C=O) groups excluding carboxylic acids is 1. The first-order valence-electron chi connectivity index (χ1n) is 9.69. The maximum absolute atomic E-state index is 13.3. The van der Waals surface area contributed by atoms with E-state index in [0.717, 1.165) is 11.4 Å². The van der Waals surface area contributed by atoms with Crippen LogP contribution in [0.15, 0.2) is 6.33 Å². The molecule has 0 radical (unpaired) electrons. The van der Waals surface area contributed by atoms with E-state index in [1.165, 1.54) is 0 Å². The molecule has 1 aromatic heterocycles. The maximum atomic E-state index is 13.3. The van der Waals surface area contributed by atoms with Crippen molar-refractivity contribution in [1.29, 1.82) is 0 Å². The van der Waals surface area contributed by atoms with Gasteiger partial charge in [0, 0.05) is 37.3 Å². The van der Waals surface area contributed by atoms with Gasteiger partial charge in [0.15, 0.2) is 9.84 Å². The molecule has 0 unspecified atom stereocenters. The number of fused-ring (bicyclic) bond motifs is 1. The van der Waals surface area contributed by atoms with Crippen molar-refractivity contribution in [2.24, 2.45) is 16.7 Å². The molecule has 1 saturated carbocycles. The second-order valence-electron chi connectivity index (χ2n) is 9.56. The van der Waals surface area contributed by atoms with Crippen LogP contribution in [-0.4, -0.2) is 70.8 Å². The zero-order valence-electron chi connectivity index (χ0n) is 16.8. The topological polar surface area (TPSA) is 86.4 Å². The first-order chi connectivity index (χ1) is 12.5. The molecule has 2 saturated heterocycles. The fourth-order valence-corrected chi connectivity index (χ4v) is 7.23. The van der Waals surface area contributed by atoms with E-state index >= 15 is 0 Å². The summed E-state index contributed by atoms with van der Waals surface area (Å²) in [7, 11) is -3.14. The number of carbonyl (C=O) groups is 1. The minimum Gasteiger partial charge on any atom is -0.348 e. The fourth-order valence-electron chi connectivity index (χ4n) is 5.21. The van der Waals surface area contributed by atoms with Gasteiger partial charge in [-0.25, -0.2) is 13.4 Å². The number of nitrogens with one attached hydrogen (secondary N) is 1. The number of aromatic nitrogens is 2. The van der Waals surface area contributed by atoms with Crippen LogP contribution in [0, 0.1) is 23.7 Å². The number of sulfone groups is 1. The molecule has 2 atom stereocenters. The van der Waals surface area contributed by atoms with Gasteiger partial charge in [0.1, 0.15) is 0 Å². The highest BCUT2D eigenvalue weighted by atomic mass is 32.2. The molecule has 4 rings (SSSR count). The Morgan fingerprint density at radius 3 is 2.37 bits per heavy atom. The zero-order valence-corrected chi connectivity index (χ0v) is 17.6. The number of aromatic amines is 1. The average molecular weight is 395 g/mol. The molecular formula is C19H30N4O3S. The molecule has 0 aromatic carbocycles. The third-order valence-electron chi connectivity index (χ3n) is 7.63. The SMILES string of the molecule is Cc1[nH]cnc1CN1CCN(C(=O)C2C(C)(C)C2(C)C)[C@H]2CS(=O)(=O)C[C@H]21. The number of aryl methyl sites for hydroxylation is 1. The number of hydrogen-bond donors (Lipinski definition) is 1. The molecule has 1 aromatic rings. The molecule has 1 aliphatic carbocycles. The maximum Gasteiger partial charge on any atom is 0.227 e. The van der Waals surface area contributed by atoms with Crippen molar-refractivity contribution < 1.29 is 13.2 Å². The van der Waals surface area contributed by atoms with E-state index in [1.54, 1.807) is 6.33 Å². The zero-order chi connectivity index (χ0) is 19.8. The molecule has 3 heterocycles. The third-order valence-corrected chi connectivity index (χ3v) is 9.33. The molecular weight excluding hydrogens is 364 g/mol. The lowest BCUT2D eigenvalue weighted by Gasteiger charge is -2.44. The van der Waals surface area contributed by atoms with E-state index in [9.17, 15) is 13.2 Å². The highest BCUT2D eigenvalue weighted by Gasteiger charge is 2.69. The highest BCUT2D eigenvalue weighted by molar-refractivity contribution is 7.91. The van der Waals surface area contributed by atoms with Gasteiger partial charge in [-0.1, -0.05) is 27.7 Å². The van der Waals surface area contributed by atoms with Crippen molar-refractivity contribution in [1.82, 2.24) is 19.8 Å². The molecule has 3 fully saturated rings. The second kappa shape index (κ2) is 5.80. The number of nitrogens with zero attached hydrogens (tertiary/aromatic N) is 3. The van der Waals surface area contributed by atoms with Crippen molar-refractivity contribution >= 4 is 15.7 Å². The minimum absolute atomic E-state index is 0.0333. The summed E-state index contributed by atoms with van der Waals surface area (Å²) in [5.41, 5.74) is 1.87. The number of hydrogen-bond acceptors (Lipinski definition) is 5. The Kier molecular flexibility index (Phi) is 4.06. The van der Waals surface area contributed by atoms with Crippen LogP contribution in [0.4, 0.5) is 0 Å². The van der Waals surface area contributed by atoms with Crippen molar-refractivity contribution in [2.45, 2.75) is 53.2 Å². The van der Waals surface area contributed by atoms with Crippen LogP contribution in [0.1, 0.15) is 39.1 Å². The van der Waals surface area contributed by atoms with Crippen LogP contribution in [0.25, 0.3) is 0 Å². The van der Waals surface area contributed by atoms with Crippen molar-refractivity contribution in [3.05, 3.63) is 17.7 Å². The van der Waals surface area contributed by atoms with Gasteiger partial charge < -0.3 is 9.88 Å². The number of rotatable bonds is 3. The van der Waals surface area contributed by atoms with Gasteiger partial charge in [0.2, 0.25) is 5.91 Å². The van der Waals surface area contributed by atoms with Gasteiger partial charge in [-0.15, -0.1) is 0 Å². The summed E-state index contributed by atoms with van der Waals surface area (Å²) >= 11 is 0. The Bertz CT molecular complexity index is 859. The average Bonchev–Trinajstić information content (AvgIpc) is 2.90. The summed E-state index contributed by atoms with van der Waals surface area (Å²) in [5, 5.41) is 0. The first kappa shape index (κ1) is 18.9. The first-order valence-corrected chi connectivity index (χ1v) is 11.5. The molecule has 150 valence electrons. The van der Waals surface area contributed by atoms with E-state index < -0.39 is 9.84 Å². The highest BCUT2D eigenvalue weighted by Crippen LogP contribution is 2.69. The van der Waals surface area contributed by atoms with Gasteiger partial charge in [-0.05, 0) is 17.8 Å². The van der Waals surface area contributed by atoms with E-state index in [0.29, 0.717) is 19.6 Å². The number of amides is 1. The van der Waals surface area contributed by atoms with Crippen LogP contribution in [0.2, 0.25) is 0 Å². The molecule has 0 spiro atoms. The Labute approximate surface area is 161 Å². The Hall–Kier alpha value is -1.41. The summed E-state index contributed by atoms with van der Waals surface area (Å²) < 4.78 is 24.9. The quantitative estimate of drug-likeness (QED) is 0.833.